The maximum absolute atomic E-state index is 12.1. The van der Waals surface area contributed by atoms with E-state index >= 15 is 0 Å². The lowest BCUT2D eigenvalue weighted by Gasteiger charge is -2.32. The highest BCUT2D eigenvalue weighted by Crippen LogP contribution is 2.28. The lowest BCUT2D eigenvalue weighted by Crippen LogP contribution is -2.39. The third-order valence-electron chi connectivity index (χ3n) is 6.73. The second-order valence-corrected chi connectivity index (χ2v) is 9.12. The van der Waals surface area contributed by atoms with Gasteiger partial charge in [-0.2, -0.15) is 9.97 Å². The monoisotopic (exact) mass is 491 g/mol. The summed E-state index contributed by atoms with van der Waals surface area (Å²) in [7, 11) is 0. The Morgan fingerprint density at radius 3 is 2.72 bits per heavy atom. The number of nitrogen functional groups attached to an aromatic ring is 1. The number of hydrogen-bond donors (Lipinski definition) is 3. The molecule has 2 aliphatic rings. The average Bonchev–Trinajstić information content (AvgIpc) is 3.34. The number of morpholine rings is 1. The minimum absolute atomic E-state index is 0.0559. The molecular formula is C25H33N9O2. The zero-order valence-electron chi connectivity index (χ0n) is 20.4. The molecule has 0 spiro atoms. The minimum atomic E-state index is -0.0559. The van der Waals surface area contributed by atoms with Crippen LogP contribution in [0.15, 0.2) is 43.2 Å². The maximum Gasteiger partial charge on any atom is 0.246 e. The van der Waals surface area contributed by atoms with E-state index in [1.807, 2.05) is 33.7 Å². The third-order valence-corrected chi connectivity index (χ3v) is 6.73. The Balaban J connectivity index is 1.25. The van der Waals surface area contributed by atoms with Crippen LogP contribution in [-0.4, -0.2) is 87.7 Å². The highest BCUT2D eigenvalue weighted by atomic mass is 16.5. The molecular weight excluding hydrogens is 458 g/mol. The van der Waals surface area contributed by atoms with Gasteiger partial charge in [0.15, 0.2) is 11.5 Å². The van der Waals surface area contributed by atoms with Crippen molar-refractivity contribution in [3.8, 4) is 0 Å². The number of nitrogens with one attached hydrogen (secondary N) is 2. The maximum atomic E-state index is 12.1. The smallest absolute Gasteiger partial charge is 0.246 e. The number of rotatable bonds is 8. The van der Waals surface area contributed by atoms with Crippen molar-refractivity contribution in [3.05, 3.63) is 43.2 Å². The van der Waals surface area contributed by atoms with Crippen LogP contribution in [0.5, 0.6) is 0 Å². The van der Waals surface area contributed by atoms with E-state index in [4.69, 9.17) is 15.5 Å². The van der Waals surface area contributed by atoms with Crippen LogP contribution >= 0.6 is 0 Å². The number of fused-ring (bicyclic) bond motifs is 1. The van der Waals surface area contributed by atoms with Crippen molar-refractivity contribution in [1.29, 1.82) is 0 Å². The molecule has 0 saturated carbocycles. The van der Waals surface area contributed by atoms with Crippen molar-refractivity contribution in [3.63, 3.8) is 0 Å². The first-order chi connectivity index (χ1) is 17.6. The Bertz CT molecular complexity index is 1200. The first-order valence-electron chi connectivity index (χ1n) is 12.4. The number of benzene rings is 1. The number of imidazole rings is 1. The lowest BCUT2D eigenvalue weighted by atomic mass is 10.1. The molecule has 5 rings (SSSR count). The van der Waals surface area contributed by atoms with Crippen molar-refractivity contribution in [2.45, 2.75) is 18.9 Å². The normalized spacial score (nSPS) is 18.8. The summed E-state index contributed by atoms with van der Waals surface area (Å²) in [5, 5.41) is 6.72. The summed E-state index contributed by atoms with van der Waals surface area (Å²) >= 11 is 0. The van der Waals surface area contributed by atoms with E-state index in [2.05, 4.69) is 32.1 Å². The van der Waals surface area contributed by atoms with Crippen molar-refractivity contribution in [2.75, 3.05) is 68.8 Å². The topological polar surface area (TPSA) is 126 Å². The fourth-order valence-corrected chi connectivity index (χ4v) is 4.76. The number of anilines is 4. The van der Waals surface area contributed by atoms with Crippen LogP contribution in [0.4, 0.5) is 23.1 Å². The molecule has 0 aliphatic carbocycles. The number of carbonyl (C=O) groups excluding carboxylic acids is 1. The zero-order chi connectivity index (χ0) is 24.9. The van der Waals surface area contributed by atoms with Crippen LogP contribution < -0.4 is 16.4 Å². The Kier molecular flexibility index (Phi) is 7.28. The summed E-state index contributed by atoms with van der Waals surface area (Å²) in [6.45, 7) is 10.4. The second kappa shape index (κ2) is 10.9. The molecule has 36 heavy (non-hydrogen) atoms. The van der Waals surface area contributed by atoms with Crippen LogP contribution in [-0.2, 0) is 9.53 Å². The number of likely N-dealkylation sites (tertiary alicyclic amines) is 1. The highest BCUT2D eigenvalue weighted by molar-refractivity contribution is 5.87. The third kappa shape index (κ3) is 5.42. The van der Waals surface area contributed by atoms with E-state index in [0.717, 1.165) is 70.2 Å². The summed E-state index contributed by atoms with van der Waals surface area (Å²) in [6, 6.07) is 8.09. The molecule has 1 unspecified atom stereocenters. The van der Waals surface area contributed by atoms with Gasteiger partial charge in [-0.3, -0.25) is 9.69 Å². The van der Waals surface area contributed by atoms with E-state index in [9.17, 15) is 4.79 Å². The molecule has 1 aromatic carbocycles. The molecule has 0 radical (unpaired) electrons. The summed E-state index contributed by atoms with van der Waals surface area (Å²) in [5.41, 5.74) is 9.36. The van der Waals surface area contributed by atoms with Crippen molar-refractivity contribution >= 4 is 40.2 Å². The molecule has 1 atom stereocenters. The molecule has 2 fully saturated rings. The number of amides is 1. The summed E-state index contributed by atoms with van der Waals surface area (Å²) in [4.78, 5) is 29.9. The molecule has 1 amide bonds. The molecule has 2 saturated heterocycles. The predicted molar refractivity (Wildman–Crippen MR) is 140 cm³/mol. The molecule has 11 heteroatoms. The molecule has 3 aromatic rings. The van der Waals surface area contributed by atoms with Gasteiger partial charge >= 0.3 is 0 Å². The molecule has 0 bridgehead atoms. The molecule has 2 aliphatic heterocycles. The largest absolute Gasteiger partial charge is 0.384 e. The van der Waals surface area contributed by atoms with Crippen LogP contribution in [0.25, 0.3) is 11.2 Å². The zero-order valence-corrected chi connectivity index (χ0v) is 20.4. The summed E-state index contributed by atoms with van der Waals surface area (Å²) in [5.74, 6) is 0.668. The van der Waals surface area contributed by atoms with Crippen molar-refractivity contribution in [2.24, 2.45) is 0 Å². The Labute approximate surface area is 210 Å². The number of nitrogens with two attached hydrogens (primary N) is 1. The number of carbonyl (C=O) groups is 1. The van der Waals surface area contributed by atoms with Gasteiger partial charge in [0.1, 0.15) is 5.52 Å². The van der Waals surface area contributed by atoms with E-state index in [1.54, 1.807) is 6.33 Å². The highest BCUT2D eigenvalue weighted by Gasteiger charge is 2.25. The summed E-state index contributed by atoms with van der Waals surface area (Å²) in [6.07, 6.45) is 4.94. The first kappa shape index (κ1) is 24.0. The van der Waals surface area contributed by atoms with Gasteiger partial charge in [0.2, 0.25) is 11.9 Å². The van der Waals surface area contributed by atoms with Crippen LogP contribution in [0.2, 0.25) is 0 Å². The van der Waals surface area contributed by atoms with Crippen molar-refractivity contribution in [1.82, 2.24) is 29.3 Å². The fourth-order valence-electron chi connectivity index (χ4n) is 4.76. The Morgan fingerprint density at radius 1 is 1.17 bits per heavy atom. The molecule has 11 nitrogen and oxygen atoms in total. The van der Waals surface area contributed by atoms with Gasteiger partial charge in [-0.1, -0.05) is 6.58 Å². The van der Waals surface area contributed by atoms with Crippen molar-refractivity contribution < 1.29 is 9.53 Å². The van der Waals surface area contributed by atoms with Gasteiger partial charge in [0, 0.05) is 50.6 Å². The predicted octanol–water partition coefficient (Wildman–Crippen LogP) is 2.25. The standard InChI is InChI=1S/C25H33N9O2/c1-2-21(35)33-10-3-4-20(16-33)34-17-28-22-23(26)30-25(31-24(22)34)29-19-7-5-18(6-8-19)27-9-11-32-12-14-36-15-13-32/h2,5-8,17,20,27H,1,3-4,9-16H2,(H3,26,29,30,31). The quantitative estimate of drug-likeness (QED) is 0.407. The SMILES string of the molecule is C=CC(=O)N1CCCC(n2cnc3c(N)nc(Nc4ccc(NCCN5CCOCC5)cc4)nc32)C1. The number of ether oxygens (including phenoxy) is 1. The number of aromatic nitrogens is 4. The lowest BCUT2D eigenvalue weighted by molar-refractivity contribution is -0.127. The fraction of sp³-hybridized carbons (Fsp3) is 0.440. The van der Waals surface area contributed by atoms with Gasteiger partial charge in [-0.05, 0) is 43.2 Å². The van der Waals surface area contributed by atoms with E-state index in [1.165, 1.54) is 6.08 Å². The van der Waals surface area contributed by atoms with E-state index in [-0.39, 0.29) is 11.9 Å². The van der Waals surface area contributed by atoms with E-state index < -0.39 is 0 Å². The van der Waals surface area contributed by atoms with Crippen LogP contribution in [0.1, 0.15) is 18.9 Å². The Hall–Kier alpha value is -3.70. The first-order valence-corrected chi connectivity index (χ1v) is 12.4. The minimum Gasteiger partial charge on any atom is -0.384 e. The molecule has 190 valence electrons. The second-order valence-electron chi connectivity index (χ2n) is 9.12. The number of nitrogens with zero attached hydrogens (tertiary/aromatic N) is 6. The van der Waals surface area contributed by atoms with Gasteiger partial charge in [-0.25, -0.2) is 4.98 Å². The Morgan fingerprint density at radius 2 is 1.94 bits per heavy atom. The molecule has 4 heterocycles. The van der Waals surface area contributed by atoms with Gasteiger partial charge in [0.25, 0.3) is 0 Å². The molecule has 2 aromatic heterocycles. The number of piperidine rings is 1. The van der Waals surface area contributed by atoms with Crippen LogP contribution in [0.3, 0.4) is 0 Å². The van der Waals surface area contributed by atoms with E-state index in [0.29, 0.717) is 29.5 Å². The summed E-state index contributed by atoms with van der Waals surface area (Å²) < 4.78 is 7.40. The number of hydrogen-bond acceptors (Lipinski definition) is 9. The van der Waals surface area contributed by atoms with Gasteiger partial charge < -0.3 is 30.6 Å². The van der Waals surface area contributed by atoms with Gasteiger partial charge in [-0.15, -0.1) is 0 Å². The van der Waals surface area contributed by atoms with Crippen LogP contribution in [0, 0.1) is 0 Å². The molecule has 4 N–H and O–H groups in total. The van der Waals surface area contributed by atoms with Gasteiger partial charge in [0.05, 0.1) is 25.6 Å². The average molecular weight is 492 g/mol.